The second-order valence-corrected chi connectivity index (χ2v) is 7.25. The van der Waals surface area contributed by atoms with Crippen molar-refractivity contribution in [3.63, 3.8) is 0 Å². The molecule has 0 bridgehead atoms. The number of ether oxygens (including phenoxy) is 1. The summed E-state index contributed by atoms with van der Waals surface area (Å²) in [5.41, 5.74) is -1.02. The summed E-state index contributed by atoms with van der Waals surface area (Å²) in [4.78, 5) is 4.22. The minimum atomic E-state index is -0.983. The molecule has 5 nitrogen and oxygen atoms in total. The maximum atomic E-state index is 14.4. The van der Waals surface area contributed by atoms with Gasteiger partial charge in [0.05, 0.1) is 29.3 Å². The molecular formula is C16H24BFN2O3. The summed E-state index contributed by atoms with van der Waals surface area (Å²) in [6, 6.07) is 0. The van der Waals surface area contributed by atoms with E-state index in [1.165, 1.54) is 6.08 Å². The van der Waals surface area contributed by atoms with Crippen LogP contribution in [-0.2, 0) is 20.6 Å². The zero-order valence-corrected chi connectivity index (χ0v) is 14.2. The third-order valence-electron chi connectivity index (χ3n) is 4.86. The molecule has 0 amide bonds. The molecule has 0 N–H and O–H groups in total. The molecule has 0 aromatic carbocycles. The van der Waals surface area contributed by atoms with Gasteiger partial charge < -0.3 is 18.6 Å². The van der Waals surface area contributed by atoms with Crippen molar-refractivity contribution in [1.29, 1.82) is 0 Å². The number of hydrogen-bond acceptors (Lipinski definition) is 4. The average molecular weight is 322 g/mol. The van der Waals surface area contributed by atoms with E-state index in [0.29, 0.717) is 5.69 Å². The van der Waals surface area contributed by atoms with Gasteiger partial charge in [0.25, 0.3) is 0 Å². The van der Waals surface area contributed by atoms with Gasteiger partial charge in [-0.2, -0.15) is 0 Å². The minimum absolute atomic E-state index is 0.231. The molecule has 126 valence electrons. The van der Waals surface area contributed by atoms with Gasteiger partial charge in [0.2, 0.25) is 0 Å². The molecular weight excluding hydrogens is 298 g/mol. The molecule has 2 aliphatic rings. The van der Waals surface area contributed by atoms with Crippen molar-refractivity contribution in [1.82, 2.24) is 9.55 Å². The van der Waals surface area contributed by atoms with Crippen molar-refractivity contribution in [2.24, 2.45) is 0 Å². The SMILES string of the molecule is CC1(C)OB(C(F)=Cc2cn(CC3CCCO3)cn2)OC1(C)C. The van der Waals surface area contributed by atoms with Crippen LogP contribution in [0.2, 0.25) is 0 Å². The van der Waals surface area contributed by atoms with Crippen LogP contribution in [0.15, 0.2) is 18.3 Å². The summed E-state index contributed by atoms with van der Waals surface area (Å²) in [7, 11) is -0.983. The smallest absolute Gasteiger partial charge is 0.398 e. The predicted molar refractivity (Wildman–Crippen MR) is 86.4 cm³/mol. The molecule has 0 aliphatic carbocycles. The van der Waals surface area contributed by atoms with Crippen LogP contribution in [0, 0.1) is 0 Å². The van der Waals surface area contributed by atoms with Crippen molar-refractivity contribution in [3.8, 4) is 0 Å². The summed E-state index contributed by atoms with van der Waals surface area (Å²) < 4.78 is 33.3. The Balaban J connectivity index is 1.66. The predicted octanol–water partition coefficient (Wildman–Crippen LogP) is 3.00. The van der Waals surface area contributed by atoms with E-state index in [0.717, 1.165) is 26.0 Å². The van der Waals surface area contributed by atoms with E-state index < -0.39 is 24.0 Å². The average Bonchev–Trinajstić information content (AvgIpc) is 3.13. The van der Waals surface area contributed by atoms with Crippen LogP contribution >= 0.6 is 0 Å². The summed E-state index contributed by atoms with van der Waals surface area (Å²) in [6.07, 6.45) is 7.27. The van der Waals surface area contributed by atoms with Gasteiger partial charge in [0.1, 0.15) is 5.73 Å². The highest BCUT2D eigenvalue weighted by Crippen LogP contribution is 2.38. The topological polar surface area (TPSA) is 45.5 Å². The maximum Gasteiger partial charge on any atom is 0.525 e. The zero-order valence-electron chi connectivity index (χ0n) is 14.2. The molecule has 1 aromatic heterocycles. The molecule has 1 unspecified atom stereocenters. The van der Waals surface area contributed by atoms with Gasteiger partial charge in [0, 0.05) is 19.3 Å². The van der Waals surface area contributed by atoms with Crippen molar-refractivity contribution in [2.75, 3.05) is 6.61 Å². The first kappa shape index (κ1) is 16.7. The van der Waals surface area contributed by atoms with Gasteiger partial charge in [-0.25, -0.2) is 9.37 Å². The molecule has 3 rings (SSSR count). The third kappa shape index (κ3) is 3.51. The van der Waals surface area contributed by atoms with Crippen molar-refractivity contribution < 1.29 is 18.4 Å². The zero-order chi connectivity index (χ0) is 16.7. The molecule has 1 atom stereocenters. The van der Waals surface area contributed by atoms with Crippen LogP contribution in [0.1, 0.15) is 46.2 Å². The molecule has 2 saturated heterocycles. The van der Waals surface area contributed by atoms with Crippen LogP contribution < -0.4 is 0 Å². The van der Waals surface area contributed by atoms with Crippen molar-refractivity contribution >= 4 is 13.2 Å². The first-order chi connectivity index (χ1) is 10.8. The largest absolute Gasteiger partial charge is 0.525 e. The first-order valence-corrected chi connectivity index (χ1v) is 8.13. The Morgan fingerprint density at radius 3 is 2.70 bits per heavy atom. The monoisotopic (exact) mass is 322 g/mol. The molecule has 23 heavy (non-hydrogen) atoms. The second-order valence-electron chi connectivity index (χ2n) is 7.25. The van der Waals surface area contributed by atoms with E-state index in [1.807, 2.05) is 38.5 Å². The van der Waals surface area contributed by atoms with E-state index in [4.69, 9.17) is 14.0 Å². The standard InChI is InChI=1S/C16H24BFN2O3/c1-15(2)16(3,4)23-17(22-15)14(18)8-12-9-20(11-19-12)10-13-6-5-7-21-13/h8-9,11,13H,5-7,10H2,1-4H3. The minimum Gasteiger partial charge on any atom is -0.398 e. The molecule has 1 aromatic rings. The van der Waals surface area contributed by atoms with Crippen LogP contribution in [-0.4, -0.2) is 40.6 Å². The van der Waals surface area contributed by atoms with Crippen LogP contribution in [0.25, 0.3) is 6.08 Å². The number of hydrogen-bond donors (Lipinski definition) is 0. The highest BCUT2D eigenvalue weighted by atomic mass is 19.1. The fraction of sp³-hybridized carbons (Fsp3) is 0.688. The highest BCUT2D eigenvalue weighted by molar-refractivity contribution is 6.54. The third-order valence-corrected chi connectivity index (χ3v) is 4.86. The van der Waals surface area contributed by atoms with Crippen LogP contribution in [0.3, 0.4) is 0 Å². The number of halogens is 1. The summed E-state index contributed by atoms with van der Waals surface area (Å²) in [5, 5.41) is 0. The normalized spacial score (nSPS) is 26.9. The molecule has 2 fully saturated rings. The summed E-state index contributed by atoms with van der Waals surface area (Å²) >= 11 is 0. The van der Waals surface area contributed by atoms with Crippen molar-refractivity contribution in [2.45, 2.75) is 64.4 Å². The first-order valence-electron chi connectivity index (χ1n) is 8.13. The van der Waals surface area contributed by atoms with E-state index >= 15 is 0 Å². The van der Waals surface area contributed by atoms with E-state index in [9.17, 15) is 4.39 Å². The Kier molecular flexibility index (Phi) is 4.38. The van der Waals surface area contributed by atoms with E-state index in [1.54, 1.807) is 6.33 Å². The van der Waals surface area contributed by atoms with Crippen molar-refractivity contribution in [3.05, 3.63) is 23.9 Å². The number of nitrogens with zero attached hydrogens (tertiary/aromatic N) is 2. The van der Waals surface area contributed by atoms with E-state index in [2.05, 4.69) is 4.98 Å². The fourth-order valence-corrected chi connectivity index (χ4v) is 2.74. The van der Waals surface area contributed by atoms with Crippen LogP contribution in [0.4, 0.5) is 4.39 Å². The second kappa shape index (κ2) is 6.04. The van der Waals surface area contributed by atoms with Crippen LogP contribution in [0.5, 0.6) is 0 Å². The Bertz CT molecular complexity index is 578. The lowest BCUT2D eigenvalue weighted by Gasteiger charge is -2.32. The Morgan fingerprint density at radius 1 is 1.39 bits per heavy atom. The Morgan fingerprint density at radius 2 is 2.09 bits per heavy atom. The quantitative estimate of drug-likeness (QED) is 0.800. The molecule has 0 saturated carbocycles. The highest BCUT2D eigenvalue weighted by Gasteiger charge is 2.53. The maximum absolute atomic E-state index is 14.4. The molecule has 0 spiro atoms. The number of rotatable bonds is 4. The Labute approximate surface area is 137 Å². The Hall–Kier alpha value is -1.18. The lowest BCUT2D eigenvalue weighted by atomic mass is 9.87. The molecule has 0 radical (unpaired) electrons. The fourth-order valence-electron chi connectivity index (χ4n) is 2.74. The van der Waals surface area contributed by atoms with Gasteiger partial charge >= 0.3 is 7.12 Å². The number of imidazole rings is 1. The van der Waals surface area contributed by atoms with Gasteiger partial charge in [-0.15, -0.1) is 0 Å². The molecule has 2 aliphatic heterocycles. The van der Waals surface area contributed by atoms with Gasteiger partial charge in [-0.05, 0) is 46.6 Å². The summed E-state index contributed by atoms with van der Waals surface area (Å²) in [5.74, 6) is 0. The summed E-state index contributed by atoms with van der Waals surface area (Å²) in [6.45, 7) is 9.17. The van der Waals surface area contributed by atoms with E-state index in [-0.39, 0.29) is 6.10 Å². The van der Waals surface area contributed by atoms with Gasteiger partial charge in [-0.1, -0.05) is 0 Å². The van der Waals surface area contributed by atoms with Gasteiger partial charge in [-0.3, -0.25) is 0 Å². The lowest BCUT2D eigenvalue weighted by Crippen LogP contribution is -2.41. The molecule has 3 heterocycles. The number of aromatic nitrogens is 2. The van der Waals surface area contributed by atoms with Gasteiger partial charge in [0.15, 0.2) is 0 Å². The molecule has 7 heteroatoms. The lowest BCUT2D eigenvalue weighted by molar-refractivity contribution is 0.00578.